The van der Waals surface area contributed by atoms with Crippen LogP contribution in [0.3, 0.4) is 0 Å². The Morgan fingerprint density at radius 3 is 0.880 bits per heavy atom. The lowest BCUT2D eigenvalue weighted by atomic mass is 10.0. The molecule has 0 saturated carbocycles. The quantitative estimate of drug-likeness (QED) is 0.0503. The van der Waals surface area contributed by atoms with Gasteiger partial charge in [0, 0.05) is 22.3 Å². The molecule has 4 rings (SSSR count). The molecule has 0 aliphatic heterocycles. The lowest BCUT2D eigenvalue weighted by Crippen LogP contribution is -1.87. The maximum absolute atomic E-state index is 3.33. The molecule has 4 aromatic carbocycles. The van der Waals surface area contributed by atoms with Crippen LogP contribution in [0.5, 0.6) is 0 Å². The molecule has 260 valence electrons. The summed E-state index contributed by atoms with van der Waals surface area (Å²) in [4.78, 5) is 0. The lowest BCUT2D eigenvalue weighted by molar-refractivity contribution is 0.575. The van der Waals surface area contributed by atoms with Gasteiger partial charge >= 0.3 is 0 Å². The predicted molar refractivity (Wildman–Crippen MR) is 219 cm³/mol. The van der Waals surface area contributed by atoms with Gasteiger partial charge in [0.1, 0.15) is 0 Å². The first-order valence-electron chi connectivity index (χ1n) is 19.8. The van der Waals surface area contributed by atoms with E-state index in [1.165, 1.54) is 127 Å². The third-order valence-corrected chi connectivity index (χ3v) is 9.54. The highest BCUT2D eigenvalue weighted by Crippen LogP contribution is 2.15. The van der Waals surface area contributed by atoms with Crippen LogP contribution < -0.4 is 0 Å². The Hall–Kier alpha value is -4.26. The third kappa shape index (κ3) is 16.0. The molecule has 50 heavy (non-hydrogen) atoms. The number of rotatable bonds is 20. The molecule has 0 amide bonds. The summed E-state index contributed by atoms with van der Waals surface area (Å²) in [6.45, 7) is 4.56. The molecular formula is C50H60. The van der Waals surface area contributed by atoms with Crippen LogP contribution in [-0.4, -0.2) is 0 Å². The van der Waals surface area contributed by atoms with Crippen LogP contribution in [0.2, 0.25) is 0 Å². The molecule has 0 unspecified atom stereocenters. The molecule has 0 aliphatic rings. The maximum Gasteiger partial charge on any atom is 0.0249 e. The van der Waals surface area contributed by atoms with Crippen molar-refractivity contribution >= 4 is 12.2 Å². The first kappa shape index (κ1) is 38.5. The van der Waals surface area contributed by atoms with E-state index in [-0.39, 0.29) is 0 Å². The van der Waals surface area contributed by atoms with Crippen LogP contribution in [0.15, 0.2) is 97.1 Å². The monoisotopic (exact) mass is 660 g/mol. The van der Waals surface area contributed by atoms with Gasteiger partial charge in [0.15, 0.2) is 0 Å². The van der Waals surface area contributed by atoms with E-state index >= 15 is 0 Å². The molecule has 4 aromatic rings. The minimum atomic E-state index is 1.03. The summed E-state index contributed by atoms with van der Waals surface area (Å²) < 4.78 is 0. The van der Waals surface area contributed by atoms with Crippen LogP contribution in [0, 0.1) is 23.7 Å². The van der Waals surface area contributed by atoms with Crippen LogP contribution >= 0.6 is 0 Å². The highest BCUT2D eigenvalue weighted by Gasteiger charge is 1.98. The second kappa shape index (κ2) is 24.0. The molecule has 0 N–H and O–H groups in total. The Balaban J connectivity index is 1.16. The van der Waals surface area contributed by atoms with Gasteiger partial charge in [-0.05, 0) is 96.5 Å². The summed E-state index contributed by atoms with van der Waals surface area (Å²) in [5.41, 5.74) is 9.38. The minimum absolute atomic E-state index is 1.03. The molecule has 0 heterocycles. The summed E-state index contributed by atoms with van der Waals surface area (Å²) in [7, 11) is 0. The van der Waals surface area contributed by atoms with Crippen molar-refractivity contribution in [3.05, 3.63) is 142 Å². The Bertz CT molecular complexity index is 1500. The predicted octanol–water partition coefficient (Wildman–Crippen LogP) is 14.0. The van der Waals surface area contributed by atoms with E-state index in [1.807, 2.05) is 0 Å². The van der Waals surface area contributed by atoms with E-state index in [0.717, 1.165) is 33.4 Å². The molecule has 0 heteroatoms. The van der Waals surface area contributed by atoms with Gasteiger partial charge < -0.3 is 0 Å². The Kier molecular flexibility index (Phi) is 18.5. The van der Waals surface area contributed by atoms with Gasteiger partial charge in [0.05, 0.1) is 0 Å². The maximum atomic E-state index is 3.33. The van der Waals surface area contributed by atoms with Crippen LogP contribution in [0.1, 0.15) is 161 Å². The first-order chi connectivity index (χ1) is 24.7. The van der Waals surface area contributed by atoms with E-state index < -0.39 is 0 Å². The van der Waals surface area contributed by atoms with Crippen molar-refractivity contribution in [2.45, 2.75) is 129 Å². The fourth-order valence-corrected chi connectivity index (χ4v) is 6.27. The average molecular weight is 661 g/mol. The van der Waals surface area contributed by atoms with Crippen LogP contribution in [-0.2, 0) is 12.8 Å². The SMILES string of the molecule is CCCCCCCCCCc1ccc(C#Cc2ccc(C=Cc3ccc(C#Cc4ccc(CCCCCCCCCC)cc4)cc3)cc2)cc1. The second-order valence-electron chi connectivity index (χ2n) is 13.9. The van der Waals surface area contributed by atoms with E-state index in [2.05, 4.69) is 147 Å². The fraction of sp³-hybridized carbons (Fsp3) is 0.400. The lowest BCUT2D eigenvalue weighted by Gasteiger charge is -2.03. The Morgan fingerprint density at radius 1 is 0.320 bits per heavy atom. The van der Waals surface area contributed by atoms with Crippen LogP contribution in [0.25, 0.3) is 12.2 Å². The zero-order chi connectivity index (χ0) is 34.9. The van der Waals surface area contributed by atoms with Crippen molar-refractivity contribution < 1.29 is 0 Å². The van der Waals surface area contributed by atoms with E-state index in [9.17, 15) is 0 Å². The van der Waals surface area contributed by atoms with Gasteiger partial charge in [0.25, 0.3) is 0 Å². The van der Waals surface area contributed by atoms with Gasteiger partial charge in [0.2, 0.25) is 0 Å². The van der Waals surface area contributed by atoms with Gasteiger partial charge in [-0.15, -0.1) is 0 Å². The summed E-state index contributed by atoms with van der Waals surface area (Å²) >= 11 is 0. The number of hydrogen-bond donors (Lipinski definition) is 0. The smallest absolute Gasteiger partial charge is 0.0249 e. The average Bonchev–Trinajstić information content (AvgIpc) is 3.16. The molecule has 0 aliphatic carbocycles. The number of benzene rings is 4. The normalized spacial score (nSPS) is 10.8. The van der Waals surface area contributed by atoms with E-state index in [4.69, 9.17) is 0 Å². The third-order valence-electron chi connectivity index (χ3n) is 9.54. The van der Waals surface area contributed by atoms with Crippen molar-refractivity contribution in [1.29, 1.82) is 0 Å². The molecule has 0 nitrogen and oxygen atoms in total. The minimum Gasteiger partial charge on any atom is -0.0654 e. The second-order valence-corrected chi connectivity index (χ2v) is 13.9. The Labute approximate surface area is 305 Å². The van der Waals surface area contributed by atoms with Crippen LogP contribution in [0.4, 0.5) is 0 Å². The Morgan fingerprint density at radius 2 is 0.580 bits per heavy atom. The number of aryl methyl sites for hydroxylation is 2. The summed E-state index contributed by atoms with van der Waals surface area (Å²) in [6, 6.07) is 34.6. The van der Waals surface area contributed by atoms with Gasteiger partial charge in [-0.1, -0.05) is 188 Å². The standard InChI is InChI=1S/C50H60/c1-3-5-7-9-11-13-15-17-19-43-21-25-45(26-22-43)29-31-47-33-37-49(38-34-47)41-42-50-39-35-48(36-40-50)32-30-46-27-23-44(24-28-46)20-18-16-14-12-10-8-6-4-2/h21-28,33-42H,3-20H2,1-2H3. The summed E-state index contributed by atoms with van der Waals surface area (Å²) in [5, 5.41) is 0. The van der Waals surface area contributed by atoms with Gasteiger partial charge in [-0.3, -0.25) is 0 Å². The highest BCUT2D eigenvalue weighted by atomic mass is 14.0. The van der Waals surface area contributed by atoms with Gasteiger partial charge in [-0.25, -0.2) is 0 Å². The van der Waals surface area contributed by atoms with Crippen molar-refractivity contribution in [2.75, 3.05) is 0 Å². The van der Waals surface area contributed by atoms with E-state index in [0.29, 0.717) is 0 Å². The largest absolute Gasteiger partial charge is 0.0654 e. The van der Waals surface area contributed by atoms with Crippen molar-refractivity contribution in [2.24, 2.45) is 0 Å². The topological polar surface area (TPSA) is 0 Å². The number of unbranched alkanes of at least 4 members (excludes halogenated alkanes) is 14. The summed E-state index contributed by atoms with van der Waals surface area (Å²) in [6.07, 6.45) is 28.5. The molecule has 0 radical (unpaired) electrons. The first-order valence-corrected chi connectivity index (χ1v) is 19.8. The zero-order valence-corrected chi connectivity index (χ0v) is 31.1. The van der Waals surface area contributed by atoms with E-state index in [1.54, 1.807) is 0 Å². The molecule has 0 saturated heterocycles. The molecule has 0 spiro atoms. The zero-order valence-electron chi connectivity index (χ0n) is 31.1. The van der Waals surface area contributed by atoms with Crippen molar-refractivity contribution in [1.82, 2.24) is 0 Å². The molecule has 0 aromatic heterocycles. The molecular weight excluding hydrogens is 601 g/mol. The number of hydrogen-bond acceptors (Lipinski definition) is 0. The van der Waals surface area contributed by atoms with Gasteiger partial charge in [-0.2, -0.15) is 0 Å². The molecule has 0 bridgehead atoms. The molecule has 0 fully saturated rings. The molecule has 0 atom stereocenters. The van der Waals surface area contributed by atoms with Crippen molar-refractivity contribution in [3.8, 4) is 23.7 Å². The fourth-order valence-electron chi connectivity index (χ4n) is 6.27. The summed E-state index contributed by atoms with van der Waals surface area (Å²) in [5.74, 6) is 13.3. The highest BCUT2D eigenvalue weighted by molar-refractivity contribution is 5.70. The van der Waals surface area contributed by atoms with Crippen molar-refractivity contribution in [3.63, 3.8) is 0 Å².